The van der Waals surface area contributed by atoms with Crippen LogP contribution in [0, 0.1) is 0 Å². The Balaban J connectivity index is 1.85. The maximum atomic E-state index is 4.48. The fourth-order valence-electron chi connectivity index (χ4n) is 1.84. The van der Waals surface area contributed by atoms with E-state index in [0.717, 1.165) is 44.0 Å². The Morgan fingerprint density at radius 2 is 1.67 bits per heavy atom. The Morgan fingerprint density at radius 3 is 2.39 bits per heavy atom. The van der Waals surface area contributed by atoms with Crippen molar-refractivity contribution in [2.24, 2.45) is 0 Å². The Labute approximate surface area is 108 Å². The molecule has 5 heteroatoms. The number of aromatic nitrogens is 4. The van der Waals surface area contributed by atoms with Crippen molar-refractivity contribution in [2.45, 2.75) is 46.3 Å². The van der Waals surface area contributed by atoms with Gasteiger partial charge in [0.1, 0.15) is 5.82 Å². The van der Waals surface area contributed by atoms with Crippen LogP contribution in [0.2, 0.25) is 0 Å². The fraction of sp³-hybridized carbons (Fsp3) is 0.538. The fourth-order valence-corrected chi connectivity index (χ4v) is 1.84. The molecule has 0 unspecified atom stereocenters. The largest absolute Gasteiger partial charge is 0.363 e. The minimum atomic E-state index is 0.722. The first-order chi connectivity index (χ1) is 8.81. The third-order valence-corrected chi connectivity index (χ3v) is 2.69. The van der Waals surface area contributed by atoms with Gasteiger partial charge in [-0.2, -0.15) is 10.2 Å². The molecule has 0 amide bonds. The van der Waals surface area contributed by atoms with Gasteiger partial charge in [0.15, 0.2) is 0 Å². The molecule has 2 aromatic heterocycles. The van der Waals surface area contributed by atoms with E-state index in [1.807, 2.05) is 33.9 Å². The smallest absolute Gasteiger partial charge is 0.148 e. The zero-order valence-electron chi connectivity index (χ0n) is 11.1. The molecule has 18 heavy (non-hydrogen) atoms. The zero-order chi connectivity index (χ0) is 12.8. The Morgan fingerprint density at radius 1 is 1.00 bits per heavy atom. The van der Waals surface area contributed by atoms with Gasteiger partial charge < -0.3 is 5.32 Å². The number of nitrogens with one attached hydrogen (secondary N) is 1. The average molecular weight is 247 g/mol. The molecule has 0 aliphatic rings. The van der Waals surface area contributed by atoms with Crippen molar-refractivity contribution in [3.63, 3.8) is 0 Å². The molecule has 2 heterocycles. The van der Waals surface area contributed by atoms with Crippen LogP contribution in [0.1, 0.15) is 32.4 Å². The number of rotatable bonds is 7. The standard InChI is InChI=1S/C13H21N5/c1-3-7-17-9-5-12(15-17)11-14-13-6-10-18(16-13)8-4-2/h5-6,9-10H,3-4,7-8,11H2,1-2H3,(H,14,16). The van der Waals surface area contributed by atoms with Crippen molar-refractivity contribution in [3.05, 3.63) is 30.2 Å². The van der Waals surface area contributed by atoms with E-state index in [0.29, 0.717) is 0 Å². The molecule has 0 fully saturated rings. The highest BCUT2D eigenvalue weighted by Gasteiger charge is 2.01. The van der Waals surface area contributed by atoms with E-state index in [2.05, 4.69) is 29.4 Å². The third kappa shape index (κ3) is 3.35. The molecule has 0 bridgehead atoms. The summed E-state index contributed by atoms with van der Waals surface area (Å²) in [5.41, 5.74) is 1.05. The number of hydrogen-bond donors (Lipinski definition) is 1. The van der Waals surface area contributed by atoms with Crippen molar-refractivity contribution in [1.82, 2.24) is 19.6 Å². The van der Waals surface area contributed by atoms with Gasteiger partial charge in [0.2, 0.25) is 0 Å². The predicted octanol–water partition coefficient (Wildman–Crippen LogP) is 2.51. The van der Waals surface area contributed by atoms with Crippen LogP contribution >= 0.6 is 0 Å². The number of nitrogens with zero attached hydrogens (tertiary/aromatic N) is 4. The quantitative estimate of drug-likeness (QED) is 0.817. The van der Waals surface area contributed by atoms with E-state index in [1.165, 1.54) is 0 Å². The average Bonchev–Trinajstić information content (AvgIpc) is 2.97. The summed E-state index contributed by atoms with van der Waals surface area (Å²) in [5.74, 6) is 0.911. The molecule has 0 radical (unpaired) electrons. The molecule has 0 spiro atoms. The molecule has 1 N–H and O–H groups in total. The van der Waals surface area contributed by atoms with E-state index in [1.54, 1.807) is 0 Å². The number of hydrogen-bond acceptors (Lipinski definition) is 3. The molecule has 0 aliphatic heterocycles. The highest BCUT2D eigenvalue weighted by molar-refractivity contribution is 5.32. The monoisotopic (exact) mass is 247 g/mol. The SMILES string of the molecule is CCCn1ccc(CNc2ccn(CCC)n2)n1. The summed E-state index contributed by atoms with van der Waals surface area (Å²) in [6.45, 7) is 6.97. The van der Waals surface area contributed by atoms with E-state index in [-0.39, 0.29) is 0 Å². The van der Waals surface area contributed by atoms with Crippen molar-refractivity contribution in [3.8, 4) is 0 Å². The summed E-state index contributed by atoms with van der Waals surface area (Å²) < 4.78 is 3.94. The second-order valence-corrected chi connectivity index (χ2v) is 4.39. The molecule has 0 atom stereocenters. The second-order valence-electron chi connectivity index (χ2n) is 4.39. The molecule has 98 valence electrons. The van der Waals surface area contributed by atoms with E-state index >= 15 is 0 Å². The van der Waals surface area contributed by atoms with Crippen LogP contribution in [0.4, 0.5) is 5.82 Å². The van der Waals surface area contributed by atoms with Gasteiger partial charge in [-0.25, -0.2) is 0 Å². The first-order valence-corrected chi connectivity index (χ1v) is 6.61. The maximum absolute atomic E-state index is 4.48. The highest BCUT2D eigenvalue weighted by atomic mass is 15.3. The van der Waals surface area contributed by atoms with Gasteiger partial charge in [0.05, 0.1) is 12.2 Å². The molecule has 5 nitrogen and oxygen atoms in total. The summed E-state index contributed by atoms with van der Waals surface area (Å²) in [5, 5.41) is 12.2. The van der Waals surface area contributed by atoms with Gasteiger partial charge in [-0.1, -0.05) is 13.8 Å². The Kier molecular flexibility index (Phi) is 4.39. The predicted molar refractivity (Wildman–Crippen MR) is 72.4 cm³/mol. The molecule has 2 aromatic rings. The molecule has 0 aliphatic carbocycles. The number of aryl methyl sites for hydroxylation is 2. The van der Waals surface area contributed by atoms with Crippen LogP contribution in [-0.2, 0) is 19.6 Å². The van der Waals surface area contributed by atoms with Crippen LogP contribution in [0.5, 0.6) is 0 Å². The maximum Gasteiger partial charge on any atom is 0.148 e. The van der Waals surface area contributed by atoms with Crippen LogP contribution in [0.25, 0.3) is 0 Å². The zero-order valence-corrected chi connectivity index (χ0v) is 11.1. The number of anilines is 1. The third-order valence-electron chi connectivity index (χ3n) is 2.69. The second kappa shape index (κ2) is 6.23. The van der Waals surface area contributed by atoms with Gasteiger partial charge in [-0.3, -0.25) is 9.36 Å². The molecular formula is C13H21N5. The lowest BCUT2D eigenvalue weighted by molar-refractivity contribution is 0.594. The topological polar surface area (TPSA) is 47.7 Å². The van der Waals surface area contributed by atoms with E-state index in [4.69, 9.17) is 0 Å². The molecular weight excluding hydrogens is 226 g/mol. The van der Waals surface area contributed by atoms with Crippen molar-refractivity contribution < 1.29 is 0 Å². The van der Waals surface area contributed by atoms with Gasteiger partial charge in [0.25, 0.3) is 0 Å². The van der Waals surface area contributed by atoms with E-state index in [9.17, 15) is 0 Å². The van der Waals surface area contributed by atoms with Gasteiger partial charge in [0, 0.05) is 31.5 Å². The van der Waals surface area contributed by atoms with Crippen LogP contribution in [0.15, 0.2) is 24.5 Å². The molecule has 0 saturated heterocycles. The summed E-state index contributed by atoms with van der Waals surface area (Å²) >= 11 is 0. The lowest BCUT2D eigenvalue weighted by atomic mass is 10.4. The van der Waals surface area contributed by atoms with Gasteiger partial charge in [-0.05, 0) is 18.9 Å². The lowest BCUT2D eigenvalue weighted by Crippen LogP contribution is -2.04. The summed E-state index contributed by atoms with van der Waals surface area (Å²) in [6.07, 6.45) is 6.23. The highest BCUT2D eigenvalue weighted by Crippen LogP contribution is 2.05. The van der Waals surface area contributed by atoms with Crippen LogP contribution in [0.3, 0.4) is 0 Å². The summed E-state index contributed by atoms with van der Waals surface area (Å²) in [7, 11) is 0. The summed E-state index contributed by atoms with van der Waals surface area (Å²) in [4.78, 5) is 0. The van der Waals surface area contributed by atoms with Crippen molar-refractivity contribution in [1.29, 1.82) is 0 Å². The molecule has 0 saturated carbocycles. The van der Waals surface area contributed by atoms with Gasteiger partial charge in [-0.15, -0.1) is 0 Å². The first-order valence-electron chi connectivity index (χ1n) is 6.61. The normalized spacial score (nSPS) is 10.8. The van der Waals surface area contributed by atoms with Crippen molar-refractivity contribution >= 4 is 5.82 Å². The van der Waals surface area contributed by atoms with Crippen molar-refractivity contribution in [2.75, 3.05) is 5.32 Å². The minimum Gasteiger partial charge on any atom is -0.363 e. The van der Waals surface area contributed by atoms with Crippen LogP contribution in [-0.4, -0.2) is 19.6 Å². The lowest BCUT2D eigenvalue weighted by Gasteiger charge is -2.01. The molecule has 0 aromatic carbocycles. The van der Waals surface area contributed by atoms with E-state index < -0.39 is 0 Å². The summed E-state index contributed by atoms with van der Waals surface area (Å²) in [6, 6.07) is 4.05. The Hall–Kier alpha value is -1.78. The Bertz CT molecular complexity index is 427. The first kappa shape index (κ1) is 12.7. The van der Waals surface area contributed by atoms with Gasteiger partial charge >= 0.3 is 0 Å². The van der Waals surface area contributed by atoms with Crippen LogP contribution < -0.4 is 5.32 Å². The minimum absolute atomic E-state index is 0.722. The molecule has 2 rings (SSSR count).